The second-order valence-electron chi connectivity index (χ2n) is 5.35. The zero-order chi connectivity index (χ0) is 13.8. The van der Waals surface area contributed by atoms with Gasteiger partial charge in [-0.1, -0.05) is 13.8 Å². The van der Waals surface area contributed by atoms with E-state index in [0.717, 1.165) is 26.1 Å². The molecule has 18 heavy (non-hydrogen) atoms. The first-order valence-electron chi connectivity index (χ1n) is 7.10. The fraction of sp³-hybridized carbons (Fsp3) is 0.929. The molecule has 1 saturated heterocycles. The van der Waals surface area contributed by atoms with Gasteiger partial charge in [-0.3, -0.25) is 9.69 Å². The lowest BCUT2D eigenvalue weighted by Crippen LogP contribution is -2.51. The molecule has 1 aliphatic heterocycles. The van der Waals surface area contributed by atoms with Crippen molar-refractivity contribution in [2.75, 3.05) is 33.3 Å². The van der Waals surface area contributed by atoms with Gasteiger partial charge < -0.3 is 9.64 Å². The van der Waals surface area contributed by atoms with Crippen LogP contribution in [0.5, 0.6) is 0 Å². The molecule has 2 atom stereocenters. The minimum atomic E-state index is -0.0631. The molecule has 106 valence electrons. The van der Waals surface area contributed by atoms with E-state index in [2.05, 4.69) is 37.6 Å². The van der Waals surface area contributed by atoms with Crippen molar-refractivity contribution in [1.82, 2.24) is 9.80 Å². The molecule has 0 bridgehead atoms. The number of likely N-dealkylation sites (tertiary alicyclic amines) is 1. The predicted molar refractivity (Wildman–Crippen MR) is 73.6 cm³/mol. The zero-order valence-electron chi connectivity index (χ0n) is 12.5. The van der Waals surface area contributed by atoms with Gasteiger partial charge in [0, 0.05) is 18.1 Å². The monoisotopic (exact) mass is 256 g/mol. The van der Waals surface area contributed by atoms with Gasteiger partial charge in [0.25, 0.3) is 0 Å². The molecule has 0 amide bonds. The minimum Gasteiger partial charge on any atom is -0.466 e. The van der Waals surface area contributed by atoms with E-state index in [9.17, 15) is 4.79 Å². The van der Waals surface area contributed by atoms with Crippen molar-refractivity contribution in [2.24, 2.45) is 0 Å². The largest absolute Gasteiger partial charge is 0.466 e. The Hall–Kier alpha value is -0.610. The van der Waals surface area contributed by atoms with E-state index in [1.165, 1.54) is 0 Å². The topological polar surface area (TPSA) is 32.8 Å². The number of carbonyl (C=O) groups is 1. The predicted octanol–water partition coefficient (Wildman–Crippen LogP) is 1.74. The Kier molecular flexibility index (Phi) is 5.60. The first-order valence-corrected chi connectivity index (χ1v) is 7.10. The summed E-state index contributed by atoms with van der Waals surface area (Å²) in [6, 6.07) is 0.528. The Morgan fingerprint density at radius 2 is 2.00 bits per heavy atom. The van der Waals surface area contributed by atoms with Crippen LogP contribution < -0.4 is 0 Å². The van der Waals surface area contributed by atoms with Gasteiger partial charge in [0.1, 0.15) is 0 Å². The Morgan fingerprint density at radius 3 is 2.39 bits per heavy atom. The molecular weight excluding hydrogens is 228 g/mol. The molecule has 1 fully saturated rings. The lowest BCUT2D eigenvalue weighted by atomic mass is 9.90. The molecule has 1 rings (SSSR count). The van der Waals surface area contributed by atoms with Crippen LogP contribution in [0.2, 0.25) is 0 Å². The highest BCUT2D eigenvalue weighted by Gasteiger charge is 2.45. The van der Waals surface area contributed by atoms with Crippen molar-refractivity contribution in [3.63, 3.8) is 0 Å². The SMILES string of the molecule is CCOC(=O)CC1(N(CC)CC)CC(C)N(C)C1. The average molecular weight is 256 g/mol. The number of likely N-dealkylation sites (N-methyl/N-ethyl adjacent to an activating group) is 2. The lowest BCUT2D eigenvalue weighted by molar-refractivity contribution is -0.146. The van der Waals surface area contributed by atoms with Crippen molar-refractivity contribution < 1.29 is 9.53 Å². The van der Waals surface area contributed by atoms with E-state index >= 15 is 0 Å². The number of carbonyl (C=O) groups excluding carboxylic acids is 1. The Morgan fingerprint density at radius 1 is 1.39 bits per heavy atom. The second-order valence-corrected chi connectivity index (χ2v) is 5.35. The van der Waals surface area contributed by atoms with Crippen molar-refractivity contribution in [1.29, 1.82) is 0 Å². The normalized spacial score (nSPS) is 28.9. The zero-order valence-corrected chi connectivity index (χ0v) is 12.5. The van der Waals surface area contributed by atoms with Crippen LogP contribution in [-0.2, 0) is 9.53 Å². The third-order valence-corrected chi connectivity index (χ3v) is 4.18. The van der Waals surface area contributed by atoms with Gasteiger partial charge in [0.2, 0.25) is 0 Å². The molecule has 2 unspecified atom stereocenters. The molecule has 0 aromatic carbocycles. The van der Waals surface area contributed by atoms with Crippen LogP contribution in [0.3, 0.4) is 0 Å². The summed E-state index contributed by atoms with van der Waals surface area (Å²) in [5, 5.41) is 0. The molecule has 0 spiro atoms. The van der Waals surface area contributed by atoms with E-state index in [1.807, 2.05) is 6.92 Å². The highest BCUT2D eigenvalue weighted by Crippen LogP contribution is 2.34. The summed E-state index contributed by atoms with van der Waals surface area (Å²) < 4.78 is 5.15. The first-order chi connectivity index (χ1) is 8.49. The van der Waals surface area contributed by atoms with Crippen LogP contribution in [-0.4, -0.2) is 60.6 Å². The summed E-state index contributed by atoms with van der Waals surface area (Å²) in [7, 11) is 2.14. The van der Waals surface area contributed by atoms with Crippen molar-refractivity contribution in [2.45, 2.75) is 52.1 Å². The van der Waals surface area contributed by atoms with Crippen LogP contribution in [0.1, 0.15) is 40.5 Å². The smallest absolute Gasteiger partial charge is 0.307 e. The van der Waals surface area contributed by atoms with Gasteiger partial charge in [0.15, 0.2) is 0 Å². The van der Waals surface area contributed by atoms with E-state index in [4.69, 9.17) is 4.74 Å². The fourth-order valence-corrected chi connectivity index (χ4v) is 3.23. The maximum atomic E-state index is 11.9. The Balaban J connectivity index is 2.85. The summed E-state index contributed by atoms with van der Waals surface area (Å²) in [4.78, 5) is 16.7. The van der Waals surface area contributed by atoms with Gasteiger partial charge in [0.05, 0.1) is 13.0 Å². The molecule has 0 radical (unpaired) electrons. The molecule has 4 heteroatoms. The molecule has 0 aliphatic carbocycles. The number of hydrogen-bond acceptors (Lipinski definition) is 4. The Labute approximate surface area is 111 Å². The number of ether oxygens (including phenoxy) is 1. The lowest BCUT2D eigenvalue weighted by Gasteiger charge is -2.39. The van der Waals surface area contributed by atoms with Crippen LogP contribution in [0, 0.1) is 0 Å². The Bertz CT molecular complexity index is 267. The van der Waals surface area contributed by atoms with Crippen LogP contribution in [0.15, 0.2) is 0 Å². The molecular formula is C14H28N2O2. The highest BCUT2D eigenvalue weighted by molar-refractivity contribution is 5.71. The van der Waals surface area contributed by atoms with Crippen LogP contribution >= 0.6 is 0 Å². The third kappa shape index (κ3) is 3.23. The number of nitrogens with zero attached hydrogens (tertiary/aromatic N) is 2. The van der Waals surface area contributed by atoms with Crippen molar-refractivity contribution in [3.8, 4) is 0 Å². The van der Waals surface area contributed by atoms with E-state index in [-0.39, 0.29) is 11.5 Å². The van der Waals surface area contributed by atoms with Gasteiger partial charge in [-0.05, 0) is 40.4 Å². The maximum absolute atomic E-state index is 11.9. The molecule has 0 N–H and O–H groups in total. The van der Waals surface area contributed by atoms with Gasteiger partial charge in [-0.25, -0.2) is 0 Å². The minimum absolute atomic E-state index is 0.0378. The number of esters is 1. The van der Waals surface area contributed by atoms with Crippen LogP contribution in [0.4, 0.5) is 0 Å². The van der Waals surface area contributed by atoms with Crippen LogP contribution in [0.25, 0.3) is 0 Å². The van der Waals surface area contributed by atoms with E-state index in [0.29, 0.717) is 19.1 Å². The third-order valence-electron chi connectivity index (χ3n) is 4.18. The number of rotatable bonds is 6. The highest BCUT2D eigenvalue weighted by atomic mass is 16.5. The summed E-state index contributed by atoms with van der Waals surface area (Å²) in [6.07, 6.45) is 1.56. The first kappa shape index (κ1) is 15.4. The van der Waals surface area contributed by atoms with Crippen molar-refractivity contribution >= 4 is 5.97 Å². The molecule has 0 aromatic rings. The fourth-order valence-electron chi connectivity index (χ4n) is 3.23. The molecule has 0 aromatic heterocycles. The standard InChI is InChI=1S/C14H28N2O2/c1-6-16(7-2)14(10-13(17)18-8-3)9-12(4)15(5)11-14/h12H,6-11H2,1-5H3. The van der Waals surface area contributed by atoms with Gasteiger partial charge in [-0.15, -0.1) is 0 Å². The van der Waals surface area contributed by atoms with E-state index < -0.39 is 0 Å². The quantitative estimate of drug-likeness (QED) is 0.678. The molecule has 1 aliphatic rings. The van der Waals surface area contributed by atoms with Gasteiger partial charge >= 0.3 is 5.97 Å². The summed E-state index contributed by atoms with van der Waals surface area (Å²) in [5.74, 6) is -0.0631. The summed E-state index contributed by atoms with van der Waals surface area (Å²) in [5.41, 5.74) is -0.0378. The molecule has 4 nitrogen and oxygen atoms in total. The maximum Gasteiger partial charge on any atom is 0.307 e. The van der Waals surface area contributed by atoms with E-state index in [1.54, 1.807) is 0 Å². The average Bonchev–Trinajstić information content (AvgIpc) is 2.56. The second kappa shape index (κ2) is 6.53. The van der Waals surface area contributed by atoms with Gasteiger partial charge in [-0.2, -0.15) is 0 Å². The molecule has 1 heterocycles. The molecule has 0 saturated carbocycles. The summed E-state index contributed by atoms with van der Waals surface area (Å²) >= 11 is 0. The van der Waals surface area contributed by atoms with Crippen molar-refractivity contribution in [3.05, 3.63) is 0 Å². The summed E-state index contributed by atoms with van der Waals surface area (Å²) in [6.45, 7) is 11.8. The number of hydrogen-bond donors (Lipinski definition) is 0.